The summed E-state index contributed by atoms with van der Waals surface area (Å²) < 4.78 is 0. The Morgan fingerprint density at radius 1 is 0.679 bits per heavy atom. The van der Waals surface area contributed by atoms with Crippen LogP contribution in [0.4, 0.5) is 0 Å². The number of thiazole rings is 2. The first kappa shape index (κ1) is 39.6. The zero-order chi connectivity index (χ0) is 37.7. The summed E-state index contributed by atoms with van der Waals surface area (Å²) >= 11 is 14.5. The quantitative estimate of drug-likeness (QED) is 0.0921. The van der Waals surface area contributed by atoms with E-state index in [1.807, 2.05) is 54.6 Å². The van der Waals surface area contributed by atoms with Crippen LogP contribution in [-0.4, -0.2) is 56.0 Å². The first-order valence-corrected chi connectivity index (χ1v) is 19.6. The van der Waals surface area contributed by atoms with Crippen molar-refractivity contribution in [3.63, 3.8) is 0 Å². The molecule has 1 fully saturated rings. The Morgan fingerprint density at radius 2 is 1.17 bits per heavy atom. The second-order valence-electron chi connectivity index (χ2n) is 12.6. The lowest BCUT2D eigenvalue weighted by atomic mass is 9.82. The molecule has 0 bridgehead atoms. The van der Waals surface area contributed by atoms with Gasteiger partial charge in [0.15, 0.2) is 0 Å². The summed E-state index contributed by atoms with van der Waals surface area (Å²) in [6, 6.07) is 23.1. The maximum Gasteiger partial charge on any atom is 0.305 e. The summed E-state index contributed by atoms with van der Waals surface area (Å²) in [7, 11) is 0. The highest BCUT2D eigenvalue weighted by Gasteiger charge is 2.28. The van der Waals surface area contributed by atoms with Gasteiger partial charge in [0.05, 0.1) is 12.8 Å². The monoisotopic (exact) mass is 792 g/mol. The molecule has 5 aromatic rings. The largest absolute Gasteiger partial charge is 0.481 e. The predicted molar refractivity (Wildman–Crippen MR) is 209 cm³/mol. The molecule has 0 radical (unpaired) electrons. The number of carbonyl (C=O) groups is 4. The summed E-state index contributed by atoms with van der Waals surface area (Å²) in [6.45, 7) is 0. The number of rotatable bonds is 13. The van der Waals surface area contributed by atoms with Gasteiger partial charge in [0.25, 0.3) is 11.8 Å². The van der Waals surface area contributed by atoms with E-state index in [4.69, 9.17) is 28.3 Å². The smallest absolute Gasteiger partial charge is 0.305 e. The molecule has 0 saturated heterocycles. The molecule has 2 unspecified atom stereocenters. The van der Waals surface area contributed by atoms with Crippen LogP contribution in [0.3, 0.4) is 0 Å². The van der Waals surface area contributed by atoms with Crippen molar-refractivity contribution in [2.45, 2.75) is 63.5 Å². The van der Waals surface area contributed by atoms with Crippen molar-refractivity contribution in [1.82, 2.24) is 20.6 Å². The van der Waals surface area contributed by atoms with E-state index >= 15 is 0 Å². The molecule has 0 aliphatic heterocycles. The SMILES string of the molecule is O=C(O)CC(Cc1ccccc1)NC(=O)c1csc(-c2ccc(Cl)cc2)n1.O=C(O)CC(NC(=O)c1csc(-c2ccc(Cl)cc2)n1)C1CCCCC1. The summed E-state index contributed by atoms with van der Waals surface area (Å²) in [4.78, 5) is 56.3. The van der Waals surface area contributed by atoms with Crippen LogP contribution in [-0.2, 0) is 16.0 Å². The normalized spacial score (nSPS) is 13.9. The number of halogens is 2. The number of nitrogens with zero attached hydrogens (tertiary/aromatic N) is 2. The van der Waals surface area contributed by atoms with Gasteiger partial charge in [-0.2, -0.15) is 0 Å². The molecule has 1 aliphatic rings. The van der Waals surface area contributed by atoms with Gasteiger partial charge in [-0.25, -0.2) is 9.97 Å². The van der Waals surface area contributed by atoms with E-state index in [-0.39, 0.29) is 42.3 Å². The number of hydrogen-bond donors (Lipinski definition) is 4. The van der Waals surface area contributed by atoms with Gasteiger partial charge in [0.1, 0.15) is 21.4 Å². The van der Waals surface area contributed by atoms with Crippen molar-refractivity contribution >= 4 is 69.6 Å². The molecule has 276 valence electrons. The Morgan fingerprint density at radius 3 is 1.66 bits per heavy atom. The highest BCUT2D eigenvalue weighted by atomic mass is 35.5. The van der Waals surface area contributed by atoms with Crippen LogP contribution in [0.15, 0.2) is 89.6 Å². The van der Waals surface area contributed by atoms with Crippen LogP contribution >= 0.6 is 45.9 Å². The first-order chi connectivity index (χ1) is 25.5. The second-order valence-corrected chi connectivity index (χ2v) is 15.2. The number of carboxylic acids is 2. The Hall–Kier alpha value is -4.62. The number of hydrogen-bond acceptors (Lipinski definition) is 8. The van der Waals surface area contributed by atoms with Gasteiger partial charge in [0, 0.05) is 44.0 Å². The van der Waals surface area contributed by atoms with Gasteiger partial charge >= 0.3 is 11.9 Å². The molecule has 1 saturated carbocycles. The molecule has 2 atom stereocenters. The summed E-state index contributed by atoms with van der Waals surface area (Å²) in [5.74, 6) is -2.32. The van der Waals surface area contributed by atoms with Gasteiger partial charge in [-0.15, -0.1) is 22.7 Å². The molecule has 4 N–H and O–H groups in total. The number of benzene rings is 3. The predicted octanol–water partition coefficient (Wildman–Crippen LogP) is 8.90. The first-order valence-electron chi connectivity index (χ1n) is 17.1. The van der Waals surface area contributed by atoms with Gasteiger partial charge < -0.3 is 20.8 Å². The van der Waals surface area contributed by atoms with Crippen LogP contribution in [0.25, 0.3) is 21.1 Å². The molecule has 3 aromatic carbocycles. The molecular formula is C39H38Cl2N4O6S2. The molecule has 10 nitrogen and oxygen atoms in total. The Balaban J connectivity index is 0.000000204. The van der Waals surface area contributed by atoms with Crippen LogP contribution in [0, 0.1) is 5.92 Å². The fourth-order valence-corrected chi connectivity index (χ4v) is 7.92. The zero-order valence-electron chi connectivity index (χ0n) is 28.5. The third-order valence-electron chi connectivity index (χ3n) is 8.67. The average Bonchev–Trinajstić information content (AvgIpc) is 3.84. The van der Waals surface area contributed by atoms with E-state index in [0.717, 1.165) is 47.4 Å². The summed E-state index contributed by atoms with van der Waals surface area (Å²) in [6.07, 6.45) is 5.52. The Kier molecular flexibility index (Phi) is 14.5. The van der Waals surface area contributed by atoms with E-state index in [9.17, 15) is 24.3 Å². The highest BCUT2D eigenvalue weighted by molar-refractivity contribution is 7.13. The van der Waals surface area contributed by atoms with Gasteiger partial charge in [0.2, 0.25) is 0 Å². The standard InChI is InChI=1S/C20H17ClN2O3S.C19H21ClN2O3S/c21-15-8-6-14(7-9-15)20-23-17(12-27-20)19(26)22-16(11-18(24)25)10-13-4-2-1-3-5-13;20-14-8-6-13(7-9-14)19-22-16(11-26-19)18(25)21-15(10-17(23)24)12-4-2-1-3-5-12/h1-9,12,16H,10-11H2,(H,22,26)(H,24,25);6-9,11-12,15H,1-5,10H2,(H,21,25)(H,23,24). The second kappa shape index (κ2) is 19.5. The maximum atomic E-state index is 12.6. The molecule has 2 heterocycles. The van der Waals surface area contributed by atoms with Crippen LogP contribution in [0.1, 0.15) is 71.5 Å². The molecule has 2 amide bonds. The van der Waals surface area contributed by atoms with Crippen molar-refractivity contribution in [3.8, 4) is 21.1 Å². The van der Waals surface area contributed by atoms with E-state index < -0.39 is 18.0 Å². The molecule has 53 heavy (non-hydrogen) atoms. The van der Waals surface area contributed by atoms with Crippen molar-refractivity contribution < 1.29 is 29.4 Å². The number of aromatic nitrogens is 2. The number of carboxylic acid groups (broad SMARTS) is 2. The Bertz CT molecular complexity index is 1980. The Labute approximate surface area is 325 Å². The fourth-order valence-electron chi connectivity index (χ4n) is 6.05. The molecule has 0 spiro atoms. The number of amides is 2. The number of carbonyl (C=O) groups excluding carboxylic acids is 2. The minimum atomic E-state index is -0.962. The van der Waals surface area contributed by atoms with Crippen molar-refractivity contribution in [2.24, 2.45) is 5.92 Å². The van der Waals surface area contributed by atoms with Crippen LogP contribution < -0.4 is 10.6 Å². The van der Waals surface area contributed by atoms with Gasteiger partial charge in [-0.1, -0.05) is 97.1 Å². The lowest BCUT2D eigenvalue weighted by molar-refractivity contribution is -0.138. The van der Waals surface area contributed by atoms with Gasteiger partial charge in [-0.3, -0.25) is 19.2 Å². The molecule has 1 aliphatic carbocycles. The molecule has 6 rings (SSSR count). The number of nitrogens with one attached hydrogen (secondary N) is 2. The minimum absolute atomic E-state index is 0.0510. The topological polar surface area (TPSA) is 159 Å². The number of aliphatic carboxylic acids is 2. The zero-order valence-corrected chi connectivity index (χ0v) is 31.7. The van der Waals surface area contributed by atoms with Crippen LogP contribution in [0.2, 0.25) is 10.0 Å². The lowest BCUT2D eigenvalue weighted by Crippen LogP contribution is -2.42. The molecular weight excluding hydrogens is 755 g/mol. The summed E-state index contributed by atoms with van der Waals surface area (Å²) in [5, 5.41) is 30.1. The van der Waals surface area contributed by atoms with Crippen molar-refractivity contribution in [1.29, 1.82) is 0 Å². The molecule has 2 aromatic heterocycles. The van der Waals surface area contributed by atoms with E-state index in [2.05, 4.69) is 20.6 Å². The van der Waals surface area contributed by atoms with Crippen molar-refractivity contribution in [3.05, 3.63) is 117 Å². The average molecular weight is 794 g/mol. The fraction of sp³-hybridized carbons (Fsp3) is 0.282. The van der Waals surface area contributed by atoms with E-state index in [0.29, 0.717) is 27.2 Å². The highest BCUT2D eigenvalue weighted by Crippen LogP contribution is 2.29. The third-order valence-corrected chi connectivity index (χ3v) is 11.0. The van der Waals surface area contributed by atoms with Gasteiger partial charge in [-0.05, 0) is 55.0 Å². The maximum absolute atomic E-state index is 12.6. The van der Waals surface area contributed by atoms with Crippen molar-refractivity contribution in [2.75, 3.05) is 0 Å². The molecule has 14 heteroatoms. The summed E-state index contributed by atoms with van der Waals surface area (Å²) in [5.41, 5.74) is 3.33. The third kappa shape index (κ3) is 12.2. The minimum Gasteiger partial charge on any atom is -0.481 e. The van der Waals surface area contributed by atoms with E-state index in [1.54, 1.807) is 35.0 Å². The van der Waals surface area contributed by atoms with E-state index in [1.165, 1.54) is 29.1 Å². The van der Waals surface area contributed by atoms with Crippen LogP contribution in [0.5, 0.6) is 0 Å². The lowest BCUT2D eigenvalue weighted by Gasteiger charge is -2.29.